The van der Waals surface area contributed by atoms with E-state index in [0.717, 1.165) is 12.1 Å². The highest BCUT2D eigenvalue weighted by atomic mass is 32.2. The first-order valence-electron chi connectivity index (χ1n) is 6.55. The second kappa shape index (κ2) is 7.12. The predicted octanol–water partition coefficient (Wildman–Crippen LogP) is 1.94. The molecule has 0 saturated carbocycles. The number of pyridine rings is 1. The minimum absolute atomic E-state index is 0.0159. The molecule has 0 atom stereocenters. The molecular formula is C15H14FN3O3S. The molecule has 2 aromatic rings. The standard InChI is InChI=1S/C15H14FN3O3S/c1-2-7-18-23(21,22)14-10-11(3-4-13(14)16)15(20)19-12-5-8-17-9-6-12/h2-6,8-10,18H,1,7H2,(H,17,19,20). The number of amides is 1. The molecule has 0 radical (unpaired) electrons. The smallest absolute Gasteiger partial charge is 0.255 e. The van der Waals surface area contributed by atoms with E-state index in [9.17, 15) is 17.6 Å². The first-order valence-corrected chi connectivity index (χ1v) is 8.04. The van der Waals surface area contributed by atoms with Crippen LogP contribution < -0.4 is 10.0 Å². The maximum atomic E-state index is 13.8. The molecule has 0 aliphatic carbocycles. The lowest BCUT2D eigenvalue weighted by Gasteiger charge is -2.09. The van der Waals surface area contributed by atoms with Crippen molar-refractivity contribution in [1.29, 1.82) is 0 Å². The van der Waals surface area contributed by atoms with Crippen LogP contribution >= 0.6 is 0 Å². The van der Waals surface area contributed by atoms with Crippen LogP contribution in [0.5, 0.6) is 0 Å². The van der Waals surface area contributed by atoms with E-state index >= 15 is 0 Å². The van der Waals surface area contributed by atoms with Gasteiger partial charge in [0, 0.05) is 30.2 Å². The third kappa shape index (κ3) is 4.21. The Bertz CT molecular complexity index is 823. The summed E-state index contributed by atoms with van der Waals surface area (Å²) < 4.78 is 40.0. The number of carbonyl (C=O) groups excluding carboxylic acids is 1. The summed E-state index contributed by atoms with van der Waals surface area (Å²) in [6.07, 6.45) is 4.32. The fraction of sp³-hybridized carbons (Fsp3) is 0.0667. The summed E-state index contributed by atoms with van der Waals surface area (Å²) in [7, 11) is -4.07. The molecule has 0 aliphatic rings. The Morgan fingerprint density at radius 1 is 1.26 bits per heavy atom. The summed E-state index contributed by atoms with van der Waals surface area (Å²) in [5.41, 5.74) is 0.505. The van der Waals surface area contributed by atoms with E-state index in [1.165, 1.54) is 24.5 Å². The molecule has 2 N–H and O–H groups in total. The highest BCUT2D eigenvalue weighted by Crippen LogP contribution is 2.17. The van der Waals surface area contributed by atoms with Gasteiger partial charge in [0.2, 0.25) is 10.0 Å². The van der Waals surface area contributed by atoms with Crippen LogP contribution in [0.15, 0.2) is 60.3 Å². The maximum absolute atomic E-state index is 13.8. The van der Waals surface area contributed by atoms with Crippen molar-refractivity contribution in [3.05, 3.63) is 66.8 Å². The molecule has 0 aliphatic heterocycles. The minimum Gasteiger partial charge on any atom is -0.322 e. The Kier molecular flexibility index (Phi) is 5.20. The Hall–Kier alpha value is -2.58. The van der Waals surface area contributed by atoms with Gasteiger partial charge in [-0.15, -0.1) is 6.58 Å². The summed E-state index contributed by atoms with van der Waals surface area (Å²) >= 11 is 0. The van der Waals surface area contributed by atoms with Gasteiger partial charge >= 0.3 is 0 Å². The molecule has 0 unspecified atom stereocenters. The van der Waals surface area contributed by atoms with Crippen LogP contribution in [-0.2, 0) is 10.0 Å². The molecule has 1 aromatic heterocycles. The molecule has 0 saturated heterocycles. The Morgan fingerprint density at radius 2 is 1.96 bits per heavy atom. The van der Waals surface area contributed by atoms with Crippen molar-refractivity contribution in [3.8, 4) is 0 Å². The van der Waals surface area contributed by atoms with Crippen molar-refractivity contribution in [2.75, 3.05) is 11.9 Å². The van der Waals surface area contributed by atoms with Gasteiger partial charge < -0.3 is 5.32 Å². The molecule has 1 amide bonds. The van der Waals surface area contributed by atoms with Crippen molar-refractivity contribution >= 4 is 21.6 Å². The van der Waals surface area contributed by atoms with Crippen LogP contribution in [0, 0.1) is 5.82 Å². The number of hydrogen-bond donors (Lipinski definition) is 2. The van der Waals surface area contributed by atoms with Crippen LogP contribution in [0.1, 0.15) is 10.4 Å². The summed E-state index contributed by atoms with van der Waals surface area (Å²) in [6.45, 7) is 3.34. The first-order chi connectivity index (χ1) is 10.9. The first kappa shape index (κ1) is 16.8. The SMILES string of the molecule is C=CCNS(=O)(=O)c1cc(C(=O)Nc2ccncc2)ccc1F. The quantitative estimate of drug-likeness (QED) is 0.790. The van der Waals surface area contributed by atoms with E-state index in [2.05, 4.69) is 21.6 Å². The lowest BCUT2D eigenvalue weighted by molar-refractivity contribution is 0.102. The fourth-order valence-corrected chi connectivity index (χ4v) is 2.84. The Labute approximate surface area is 133 Å². The zero-order valence-electron chi connectivity index (χ0n) is 12.0. The molecule has 0 spiro atoms. The van der Waals surface area contributed by atoms with E-state index < -0.39 is 26.6 Å². The zero-order valence-corrected chi connectivity index (χ0v) is 12.8. The van der Waals surface area contributed by atoms with Crippen molar-refractivity contribution in [2.24, 2.45) is 0 Å². The van der Waals surface area contributed by atoms with Crippen molar-refractivity contribution in [3.63, 3.8) is 0 Å². The minimum atomic E-state index is -4.07. The normalized spacial score (nSPS) is 11.0. The van der Waals surface area contributed by atoms with E-state index in [1.54, 1.807) is 12.1 Å². The van der Waals surface area contributed by atoms with Gasteiger partial charge in [-0.2, -0.15) is 0 Å². The summed E-state index contributed by atoms with van der Waals surface area (Å²) in [6, 6.07) is 6.27. The molecule has 23 heavy (non-hydrogen) atoms. The van der Waals surface area contributed by atoms with Crippen molar-refractivity contribution in [1.82, 2.24) is 9.71 Å². The highest BCUT2D eigenvalue weighted by Gasteiger charge is 2.20. The highest BCUT2D eigenvalue weighted by molar-refractivity contribution is 7.89. The molecule has 0 bridgehead atoms. The largest absolute Gasteiger partial charge is 0.322 e. The topological polar surface area (TPSA) is 88.2 Å². The van der Waals surface area contributed by atoms with Crippen LogP contribution in [0.3, 0.4) is 0 Å². The van der Waals surface area contributed by atoms with Gasteiger partial charge in [0.1, 0.15) is 10.7 Å². The van der Waals surface area contributed by atoms with Crippen LogP contribution in [0.4, 0.5) is 10.1 Å². The van der Waals surface area contributed by atoms with E-state index in [4.69, 9.17) is 0 Å². The lowest BCUT2D eigenvalue weighted by atomic mass is 10.2. The van der Waals surface area contributed by atoms with Crippen molar-refractivity contribution in [2.45, 2.75) is 4.90 Å². The number of anilines is 1. The number of benzene rings is 1. The number of halogens is 1. The summed E-state index contributed by atoms with van der Waals surface area (Å²) in [5, 5.41) is 2.57. The number of rotatable bonds is 6. The molecule has 1 aromatic carbocycles. The predicted molar refractivity (Wildman–Crippen MR) is 84.0 cm³/mol. The van der Waals surface area contributed by atoms with Crippen LogP contribution in [0.25, 0.3) is 0 Å². The summed E-state index contributed by atoms with van der Waals surface area (Å²) in [5.74, 6) is -1.50. The Morgan fingerprint density at radius 3 is 2.61 bits per heavy atom. The second-order valence-electron chi connectivity index (χ2n) is 4.48. The van der Waals surface area contributed by atoms with Crippen LogP contribution in [0.2, 0.25) is 0 Å². The number of sulfonamides is 1. The summed E-state index contributed by atoms with van der Waals surface area (Å²) in [4.78, 5) is 15.4. The van der Waals surface area contributed by atoms with Gasteiger partial charge in [-0.25, -0.2) is 17.5 Å². The zero-order chi connectivity index (χ0) is 16.9. The van der Waals surface area contributed by atoms with E-state index in [-0.39, 0.29) is 12.1 Å². The van der Waals surface area contributed by atoms with Crippen LogP contribution in [-0.4, -0.2) is 25.9 Å². The third-order valence-corrected chi connectivity index (χ3v) is 4.28. The number of aromatic nitrogens is 1. The number of nitrogens with zero attached hydrogens (tertiary/aromatic N) is 1. The lowest BCUT2D eigenvalue weighted by Crippen LogP contribution is -2.25. The fourth-order valence-electron chi connectivity index (χ4n) is 1.74. The van der Waals surface area contributed by atoms with Gasteiger partial charge in [0.25, 0.3) is 5.91 Å². The Balaban J connectivity index is 2.29. The maximum Gasteiger partial charge on any atom is 0.255 e. The molecule has 0 fully saturated rings. The van der Waals surface area contributed by atoms with Gasteiger partial charge in [0.05, 0.1) is 0 Å². The molecule has 8 heteroatoms. The van der Waals surface area contributed by atoms with Gasteiger partial charge in [-0.3, -0.25) is 9.78 Å². The molecular weight excluding hydrogens is 321 g/mol. The van der Waals surface area contributed by atoms with Gasteiger partial charge in [-0.05, 0) is 30.3 Å². The number of hydrogen-bond acceptors (Lipinski definition) is 4. The van der Waals surface area contributed by atoms with E-state index in [0.29, 0.717) is 5.69 Å². The third-order valence-electron chi connectivity index (χ3n) is 2.84. The van der Waals surface area contributed by atoms with Crippen molar-refractivity contribution < 1.29 is 17.6 Å². The number of carbonyl (C=O) groups is 1. The number of nitrogens with one attached hydrogen (secondary N) is 2. The second-order valence-corrected chi connectivity index (χ2v) is 6.21. The average Bonchev–Trinajstić information content (AvgIpc) is 2.54. The van der Waals surface area contributed by atoms with E-state index in [1.807, 2.05) is 0 Å². The monoisotopic (exact) mass is 335 g/mol. The molecule has 6 nitrogen and oxygen atoms in total. The average molecular weight is 335 g/mol. The molecule has 1 heterocycles. The molecule has 120 valence electrons. The molecule has 2 rings (SSSR count). The van der Waals surface area contributed by atoms with Gasteiger partial charge in [0.15, 0.2) is 0 Å². The van der Waals surface area contributed by atoms with Gasteiger partial charge in [-0.1, -0.05) is 6.08 Å².